The summed E-state index contributed by atoms with van der Waals surface area (Å²) >= 11 is 5.70. The molecule has 8 heteroatoms. The average Bonchev–Trinajstić information content (AvgIpc) is 2.83. The van der Waals surface area contributed by atoms with Crippen LogP contribution in [0.2, 0.25) is 5.02 Å². The van der Waals surface area contributed by atoms with E-state index in [-0.39, 0.29) is 17.3 Å². The standard InChI is InChI=1S/C13H15ClFN3O2S/c1-3-17-7-6-16-13(17)9-18(21(2,19)20)12-5-4-10(14)8-11(12)15/h4-8H,3,9H2,1-2H3. The van der Waals surface area contributed by atoms with Crippen molar-refractivity contribution in [2.24, 2.45) is 0 Å². The third kappa shape index (κ3) is 3.54. The molecule has 0 aliphatic carbocycles. The molecule has 0 saturated carbocycles. The van der Waals surface area contributed by atoms with E-state index >= 15 is 0 Å². The Morgan fingerprint density at radius 3 is 2.71 bits per heavy atom. The normalized spacial score (nSPS) is 11.6. The highest BCUT2D eigenvalue weighted by molar-refractivity contribution is 7.92. The zero-order valence-electron chi connectivity index (χ0n) is 11.6. The van der Waals surface area contributed by atoms with Crippen molar-refractivity contribution in [3.8, 4) is 0 Å². The Morgan fingerprint density at radius 2 is 2.14 bits per heavy atom. The zero-order valence-corrected chi connectivity index (χ0v) is 13.2. The molecule has 0 atom stereocenters. The van der Waals surface area contributed by atoms with Gasteiger partial charge in [0.05, 0.1) is 18.5 Å². The van der Waals surface area contributed by atoms with Crippen molar-refractivity contribution in [1.29, 1.82) is 0 Å². The minimum absolute atomic E-state index is 0.0434. The molecule has 5 nitrogen and oxygen atoms in total. The minimum Gasteiger partial charge on any atom is -0.334 e. The number of benzene rings is 1. The summed E-state index contributed by atoms with van der Waals surface area (Å²) in [6, 6.07) is 3.88. The van der Waals surface area contributed by atoms with Crippen molar-refractivity contribution in [3.63, 3.8) is 0 Å². The van der Waals surface area contributed by atoms with E-state index in [0.717, 1.165) is 16.6 Å². The second kappa shape index (κ2) is 6.03. The Hall–Kier alpha value is -1.60. The first-order chi connectivity index (χ1) is 9.82. The van der Waals surface area contributed by atoms with Crippen LogP contribution in [0.3, 0.4) is 0 Å². The molecule has 0 bridgehead atoms. The lowest BCUT2D eigenvalue weighted by Gasteiger charge is -2.23. The first-order valence-electron chi connectivity index (χ1n) is 6.25. The van der Waals surface area contributed by atoms with Crippen molar-refractivity contribution >= 4 is 27.3 Å². The number of imidazole rings is 1. The lowest BCUT2D eigenvalue weighted by Crippen LogP contribution is -2.31. The average molecular weight is 332 g/mol. The molecule has 21 heavy (non-hydrogen) atoms. The molecule has 0 unspecified atom stereocenters. The number of hydrogen-bond acceptors (Lipinski definition) is 3. The molecule has 1 aromatic carbocycles. The summed E-state index contributed by atoms with van der Waals surface area (Å²) in [6.45, 7) is 2.52. The van der Waals surface area contributed by atoms with Gasteiger partial charge in [-0.3, -0.25) is 4.31 Å². The smallest absolute Gasteiger partial charge is 0.232 e. The topological polar surface area (TPSA) is 55.2 Å². The third-order valence-corrected chi connectivity index (χ3v) is 4.37. The van der Waals surface area contributed by atoms with Crippen LogP contribution in [0, 0.1) is 5.82 Å². The Bertz CT molecular complexity index is 746. The zero-order chi connectivity index (χ0) is 15.6. The van der Waals surface area contributed by atoms with Crippen molar-refractivity contribution < 1.29 is 12.8 Å². The largest absolute Gasteiger partial charge is 0.334 e. The van der Waals surface area contributed by atoms with E-state index in [1.807, 2.05) is 6.92 Å². The summed E-state index contributed by atoms with van der Waals surface area (Å²) in [7, 11) is -3.66. The summed E-state index contributed by atoms with van der Waals surface area (Å²) in [5.74, 6) is -0.153. The van der Waals surface area contributed by atoms with Crippen LogP contribution in [0.25, 0.3) is 0 Å². The molecule has 0 fully saturated rings. The molecule has 0 amide bonds. The quantitative estimate of drug-likeness (QED) is 0.846. The predicted octanol–water partition coefficient (Wildman–Crippen LogP) is 2.66. The molecular formula is C13H15ClFN3O2S. The van der Waals surface area contributed by atoms with E-state index in [2.05, 4.69) is 4.98 Å². The van der Waals surface area contributed by atoms with Gasteiger partial charge in [0.2, 0.25) is 10.0 Å². The summed E-state index contributed by atoms with van der Waals surface area (Å²) in [6.07, 6.45) is 4.35. The molecule has 0 spiro atoms. The van der Waals surface area contributed by atoms with Crippen LogP contribution in [0.15, 0.2) is 30.6 Å². The highest BCUT2D eigenvalue weighted by Crippen LogP contribution is 2.26. The maximum Gasteiger partial charge on any atom is 0.232 e. The van der Waals surface area contributed by atoms with Gasteiger partial charge < -0.3 is 4.57 Å². The number of hydrogen-bond donors (Lipinski definition) is 0. The van der Waals surface area contributed by atoms with Gasteiger partial charge in [0.1, 0.15) is 11.6 Å². The number of halogens is 2. The fourth-order valence-electron chi connectivity index (χ4n) is 1.97. The fraction of sp³-hybridized carbons (Fsp3) is 0.308. The predicted molar refractivity (Wildman–Crippen MR) is 80.3 cm³/mol. The second-order valence-electron chi connectivity index (χ2n) is 4.49. The van der Waals surface area contributed by atoms with Gasteiger partial charge in [-0.15, -0.1) is 0 Å². The molecule has 0 saturated heterocycles. The summed E-state index contributed by atoms with van der Waals surface area (Å²) < 4.78 is 40.8. The number of nitrogens with zero attached hydrogens (tertiary/aromatic N) is 3. The Morgan fingerprint density at radius 1 is 1.43 bits per heavy atom. The Labute approximate surface area is 128 Å². The number of aryl methyl sites for hydroxylation is 1. The van der Waals surface area contributed by atoms with E-state index in [9.17, 15) is 12.8 Å². The number of sulfonamides is 1. The maximum absolute atomic E-state index is 14.0. The van der Waals surface area contributed by atoms with Crippen LogP contribution < -0.4 is 4.31 Å². The highest BCUT2D eigenvalue weighted by Gasteiger charge is 2.23. The lowest BCUT2D eigenvalue weighted by molar-refractivity contribution is 0.585. The van der Waals surface area contributed by atoms with Gasteiger partial charge in [-0.1, -0.05) is 11.6 Å². The number of anilines is 1. The molecule has 2 aromatic rings. The summed E-state index contributed by atoms with van der Waals surface area (Å²) in [5, 5.41) is 0.208. The van der Waals surface area contributed by atoms with E-state index in [1.54, 1.807) is 17.0 Å². The first-order valence-corrected chi connectivity index (χ1v) is 8.48. The monoisotopic (exact) mass is 331 g/mol. The van der Waals surface area contributed by atoms with Crippen LogP contribution >= 0.6 is 11.6 Å². The van der Waals surface area contributed by atoms with Gasteiger partial charge in [0.25, 0.3) is 0 Å². The van der Waals surface area contributed by atoms with E-state index in [0.29, 0.717) is 12.4 Å². The van der Waals surface area contributed by atoms with Crippen molar-refractivity contribution in [3.05, 3.63) is 47.3 Å². The number of rotatable bonds is 5. The SMILES string of the molecule is CCn1ccnc1CN(c1ccc(Cl)cc1F)S(C)(=O)=O. The molecule has 0 aliphatic heterocycles. The first kappa shape index (κ1) is 15.8. The Balaban J connectivity index is 2.45. The molecule has 1 aromatic heterocycles. The van der Waals surface area contributed by atoms with Gasteiger partial charge in [-0.2, -0.15) is 0 Å². The van der Waals surface area contributed by atoms with Crippen molar-refractivity contribution in [2.45, 2.75) is 20.0 Å². The van der Waals surface area contributed by atoms with Crippen molar-refractivity contribution in [2.75, 3.05) is 10.6 Å². The summed E-state index contributed by atoms with van der Waals surface area (Å²) in [4.78, 5) is 4.12. The van der Waals surface area contributed by atoms with E-state index in [1.165, 1.54) is 12.1 Å². The van der Waals surface area contributed by atoms with Gasteiger partial charge in [-0.25, -0.2) is 17.8 Å². The van der Waals surface area contributed by atoms with E-state index in [4.69, 9.17) is 11.6 Å². The van der Waals surface area contributed by atoms with Gasteiger partial charge in [0, 0.05) is 24.0 Å². The molecule has 114 valence electrons. The highest BCUT2D eigenvalue weighted by atomic mass is 35.5. The van der Waals surface area contributed by atoms with Crippen LogP contribution in [0.5, 0.6) is 0 Å². The maximum atomic E-state index is 14.0. The third-order valence-electron chi connectivity index (χ3n) is 3.01. The van der Waals surface area contributed by atoms with Gasteiger partial charge in [0.15, 0.2) is 0 Å². The van der Waals surface area contributed by atoms with Crippen LogP contribution in [-0.4, -0.2) is 24.2 Å². The van der Waals surface area contributed by atoms with Gasteiger partial charge >= 0.3 is 0 Å². The lowest BCUT2D eigenvalue weighted by atomic mass is 10.3. The van der Waals surface area contributed by atoms with Crippen molar-refractivity contribution in [1.82, 2.24) is 9.55 Å². The number of aromatic nitrogens is 2. The van der Waals surface area contributed by atoms with Crippen LogP contribution in [-0.2, 0) is 23.1 Å². The van der Waals surface area contributed by atoms with Crippen LogP contribution in [0.1, 0.15) is 12.7 Å². The minimum atomic E-state index is -3.66. The summed E-state index contributed by atoms with van der Waals surface area (Å²) in [5.41, 5.74) is -0.0486. The second-order valence-corrected chi connectivity index (χ2v) is 6.84. The van der Waals surface area contributed by atoms with Crippen LogP contribution in [0.4, 0.5) is 10.1 Å². The fourth-order valence-corrected chi connectivity index (χ4v) is 2.99. The molecular weight excluding hydrogens is 317 g/mol. The van der Waals surface area contributed by atoms with Gasteiger partial charge in [-0.05, 0) is 25.1 Å². The molecule has 0 N–H and O–H groups in total. The molecule has 0 radical (unpaired) electrons. The molecule has 2 rings (SSSR count). The Kier molecular flexibility index (Phi) is 4.53. The molecule has 0 aliphatic rings. The van der Waals surface area contributed by atoms with E-state index < -0.39 is 15.8 Å². The molecule has 1 heterocycles.